The van der Waals surface area contributed by atoms with Crippen molar-refractivity contribution >= 4 is 21.7 Å². The molecule has 3 heteroatoms. The third kappa shape index (κ3) is 2.66. The molecule has 0 aliphatic heterocycles. The number of rotatable bonds is 3. The first kappa shape index (κ1) is 12.5. The minimum absolute atomic E-state index is 0.170. The van der Waals surface area contributed by atoms with Gasteiger partial charge in [0.25, 0.3) is 0 Å². The van der Waals surface area contributed by atoms with E-state index >= 15 is 0 Å². The largest absolute Gasteiger partial charge is 0.292 e. The smallest absolute Gasteiger partial charge is 0.184 e. The molecule has 2 aromatic rings. The van der Waals surface area contributed by atoms with Gasteiger partial charge in [-0.1, -0.05) is 58.4 Å². The molecule has 2 nitrogen and oxygen atoms in total. The summed E-state index contributed by atoms with van der Waals surface area (Å²) in [5.41, 5.74) is 1.28. The molecular formula is C15H10BrNO. The average molecular weight is 300 g/mol. The summed E-state index contributed by atoms with van der Waals surface area (Å²) >= 11 is 3.32. The van der Waals surface area contributed by atoms with Crippen molar-refractivity contribution in [1.82, 2.24) is 0 Å². The lowest BCUT2D eigenvalue weighted by Crippen LogP contribution is -2.11. The maximum absolute atomic E-state index is 12.2. The summed E-state index contributed by atoms with van der Waals surface area (Å²) in [4.78, 5) is 12.2. The molecule has 0 saturated carbocycles. The van der Waals surface area contributed by atoms with Crippen molar-refractivity contribution in [3.8, 4) is 6.07 Å². The standard InChI is InChI=1S/C15H10BrNO/c16-13-8-6-12(7-9-13)15(18)14(10-17)11-4-2-1-3-5-11/h1-9,14H. The lowest BCUT2D eigenvalue weighted by Gasteiger charge is -2.08. The van der Waals surface area contributed by atoms with Crippen LogP contribution in [0.5, 0.6) is 0 Å². The summed E-state index contributed by atoms with van der Waals surface area (Å²) in [6.07, 6.45) is 0. The molecule has 0 spiro atoms. The summed E-state index contributed by atoms with van der Waals surface area (Å²) in [5, 5.41) is 9.19. The number of carbonyl (C=O) groups is 1. The molecule has 0 heterocycles. The van der Waals surface area contributed by atoms with Crippen LogP contribution in [-0.2, 0) is 0 Å². The second kappa shape index (κ2) is 5.61. The van der Waals surface area contributed by atoms with Gasteiger partial charge in [-0.15, -0.1) is 0 Å². The molecule has 0 aromatic heterocycles. The summed E-state index contributed by atoms with van der Waals surface area (Å²) < 4.78 is 0.910. The topological polar surface area (TPSA) is 40.9 Å². The lowest BCUT2D eigenvalue weighted by atomic mass is 9.92. The number of ketones is 1. The van der Waals surface area contributed by atoms with Crippen LogP contribution in [0.4, 0.5) is 0 Å². The Bertz CT molecular complexity index is 584. The van der Waals surface area contributed by atoms with Gasteiger partial charge in [-0.3, -0.25) is 4.79 Å². The van der Waals surface area contributed by atoms with Gasteiger partial charge in [0.15, 0.2) is 5.78 Å². The Morgan fingerprint density at radius 1 is 1.06 bits per heavy atom. The van der Waals surface area contributed by atoms with E-state index in [1.165, 1.54) is 0 Å². The summed E-state index contributed by atoms with van der Waals surface area (Å²) in [5.74, 6) is -0.913. The van der Waals surface area contributed by atoms with Gasteiger partial charge in [0.05, 0.1) is 6.07 Å². The van der Waals surface area contributed by atoms with E-state index < -0.39 is 5.92 Å². The predicted molar refractivity (Wildman–Crippen MR) is 73.3 cm³/mol. The number of hydrogen-bond acceptors (Lipinski definition) is 2. The zero-order valence-corrected chi connectivity index (χ0v) is 11.1. The zero-order valence-electron chi connectivity index (χ0n) is 9.51. The summed E-state index contributed by atoms with van der Waals surface area (Å²) in [6.45, 7) is 0. The van der Waals surface area contributed by atoms with Gasteiger partial charge in [0.2, 0.25) is 0 Å². The Balaban J connectivity index is 2.32. The highest BCUT2D eigenvalue weighted by Crippen LogP contribution is 2.21. The Kier molecular flexibility index (Phi) is 3.91. The average Bonchev–Trinajstić information content (AvgIpc) is 2.41. The van der Waals surface area contributed by atoms with Crippen LogP contribution in [0.25, 0.3) is 0 Å². The van der Waals surface area contributed by atoms with Crippen LogP contribution in [0.1, 0.15) is 21.8 Å². The highest BCUT2D eigenvalue weighted by Gasteiger charge is 2.21. The first-order valence-corrected chi connectivity index (χ1v) is 6.26. The predicted octanol–water partition coefficient (Wildman–Crippen LogP) is 3.94. The van der Waals surface area contributed by atoms with Crippen LogP contribution in [0.3, 0.4) is 0 Å². The second-order valence-electron chi connectivity index (χ2n) is 3.84. The number of halogens is 1. The van der Waals surface area contributed by atoms with Crippen molar-refractivity contribution in [1.29, 1.82) is 5.26 Å². The molecule has 1 atom stereocenters. The quantitative estimate of drug-likeness (QED) is 0.806. The number of Topliss-reactive ketones (excluding diaryl/α,β-unsaturated/α-hetero) is 1. The number of carbonyl (C=O) groups excluding carboxylic acids is 1. The van der Waals surface area contributed by atoms with E-state index in [4.69, 9.17) is 0 Å². The molecule has 2 aromatic carbocycles. The van der Waals surface area contributed by atoms with Crippen molar-refractivity contribution < 1.29 is 4.79 Å². The van der Waals surface area contributed by atoms with Crippen LogP contribution in [0.2, 0.25) is 0 Å². The van der Waals surface area contributed by atoms with Gasteiger partial charge < -0.3 is 0 Å². The van der Waals surface area contributed by atoms with Crippen LogP contribution in [-0.4, -0.2) is 5.78 Å². The highest BCUT2D eigenvalue weighted by atomic mass is 79.9. The fourth-order valence-corrected chi connectivity index (χ4v) is 1.98. The third-order valence-corrected chi connectivity index (χ3v) is 3.18. The molecule has 0 aliphatic rings. The molecule has 0 aliphatic carbocycles. The van der Waals surface area contributed by atoms with Gasteiger partial charge >= 0.3 is 0 Å². The molecule has 0 saturated heterocycles. The van der Waals surface area contributed by atoms with Gasteiger partial charge in [-0.05, 0) is 17.7 Å². The fraction of sp³-hybridized carbons (Fsp3) is 0.0667. The molecule has 2 rings (SSSR count). The van der Waals surface area contributed by atoms with Crippen LogP contribution >= 0.6 is 15.9 Å². The zero-order chi connectivity index (χ0) is 13.0. The highest BCUT2D eigenvalue weighted by molar-refractivity contribution is 9.10. The molecule has 18 heavy (non-hydrogen) atoms. The monoisotopic (exact) mass is 299 g/mol. The van der Waals surface area contributed by atoms with Gasteiger partial charge in [0.1, 0.15) is 5.92 Å². The van der Waals surface area contributed by atoms with E-state index in [1.807, 2.05) is 18.2 Å². The Labute approximate surface area is 114 Å². The van der Waals surface area contributed by atoms with Gasteiger partial charge in [0, 0.05) is 10.0 Å². The van der Waals surface area contributed by atoms with Crippen molar-refractivity contribution in [2.24, 2.45) is 0 Å². The van der Waals surface area contributed by atoms with E-state index in [2.05, 4.69) is 22.0 Å². The van der Waals surface area contributed by atoms with Crippen LogP contribution < -0.4 is 0 Å². The van der Waals surface area contributed by atoms with Gasteiger partial charge in [-0.25, -0.2) is 0 Å². The van der Waals surface area contributed by atoms with Crippen molar-refractivity contribution in [2.45, 2.75) is 5.92 Å². The van der Waals surface area contributed by atoms with Crippen molar-refractivity contribution in [2.75, 3.05) is 0 Å². The Morgan fingerprint density at radius 3 is 2.22 bits per heavy atom. The third-order valence-electron chi connectivity index (χ3n) is 2.65. The number of hydrogen-bond donors (Lipinski definition) is 0. The Hall–Kier alpha value is -1.92. The maximum Gasteiger partial charge on any atom is 0.184 e. The van der Waals surface area contributed by atoms with E-state index in [-0.39, 0.29) is 5.78 Å². The molecule has 1 unspecified atom stereocenters. The summed E-state index contributed by atoms with van der Waals surface area (Å²) in [6, 6.07) is 18.2. The van der Waals surface area contributed by atoms with E-state index in [1.54, 1.807) is 36.4 Å². The molecular weight excluding hydrogens is 290 g/mol. The minimum Gasteiger partial charge on any atom is -0.292 e. The first-order valence-electron chi connectivity index (χ1n) is 5.46. The number of benzene rings is 2. The molecule has 0 N–H and O–H groups in total. The first-order chi connectivity index (χ1) is 8.72. The Morgan fingerprint density at radius 2 is 1.67 bits per heavy atom. The molecule has 88 valence electrons. The number of nitriles is 1. The molecule has 0 fully saturated rings. The number of nitrogens with zero attached hydrogens (tertiary/aromatic N) is 1. The lowest BCUT2D eigenvalue weighted by molar-refractivity contribution is 0.0979. The fourth-order valence-electron chi connectivity index (χ4n) is 1.71. The van der Waals surface area contributed by atoms with Crippen LogP contribution in [0.15, 0.2) is 59.1 Å². The van der Waals surface area contributed by atoms with Crippen molar-refractivity contribution in [3.63, 3.8) is 0 Å². The normalized spacial score (nSPS) is 11.6. The van der Waals surface area contributed by atoms with E-state index in [0.717, 1.165) is 10.0 Å². The molecule has 0 bridgehead atoms. The summed E-state index contributed by atoms with van der Waals surface area (Å²) in [7, 11) is 0. The molecule has 0 radical (unpaired) electrons. The maximum atomic E-state index is 12.2. The SMILES string of the molecule is N#CC(C(=O)c1ccc(Br)cc1)c1ccccc1. The minimum atomic E-state index is -0.743. The van der Waals surface area contributed by atoms with Crippen molar-refractivity contribution in [3.05, 3.63) is 70.2 Å². The van der Waals surface area contributed by atoms with Crippen LogP contribution in [0, 0.1) is 11.3 Å². The van der Waals surface area contributed by atoms with Gasteiger partial charge in [-0.2, -0.15) is 5.26 Å². The second-order valence-corrected chi connectivity index (χ2v) is 4.76. The van der Waals surface area contributed by atoms with E-state index in [9.17, 15) is 10.1 Å². The molecule has 0 amide bonds. The van der Waals surface area contributed by atoms with E-state index in [0.29, 0.717) is 5.56 Å².